The zero-order chi connectivity index (χ0) is 13.8. The Bertz CT molecular complexity index is 444. The van der Waals surface area contributed by atoms with Gasteiger partial charge in [0, 0.05) is 17.6 Å². The Labute approximate surface area is 121 Å². The lowest BCUT2D eigenvalue weighted by atomic mass is 10.1. The second-order valence-electron chi connectivity index (χ2n) is 4.82. The molecule has 1 N–H and O–H groups in total. The number of halogens is 1. The lowest BCUT2D eigenvalue weighted by molar-refractivity contribution is -0.143. The molecule has 0 aromatic heterocycles. The van der Waals surface area contributed by atoms with Crippen LogP contribution in [0.25, 0.3) is 0 Å². The van der Waals surface area contributed by atoms with Crippen LogP contribution in [0.1, 0.15) is 19.8 Å². The third kappa shape index (κ3) is 3.94. The summed E-state index contributed by atoms with van der Waals surface area (Å²) in [6, 6.07) is 7.39. The van der Waals surface area contributed by atoms with Crippen molar-refractivity contribution < 1.29 is 14.6 Å². The van der Waals surface area contributed by atoms with E-state index in [2.05, 4.69) is 15.9 Å². The number of ether oxygens (including phenoxy) is 1. The number of benzene rings is 1. The first kappa shape index (κ1) is 14.3. The second kappa shape index (κ2) is 6.39. The maximum atomic E-state index is 10.9. The lowest BCUT2D eigenvalue weighted by Gasteiger charge is -2.34. The summed E-state index contributed by atoms with van der Waals surface area (Å²) in [5.74, 6) is 0.102. The number of nitrogens with zero attached hydrogens (tertiary/aromatic N) is 1. The van der Waals surface area contributed by atoms with Gasteiger partial charge in [-0.2, -0.15) is 0 Å². The molecule has 2 rings (SSSR count). The number of carbonyl (C=O) groups is 1. The zero-order valence-electron chi connectivity index (χ0n) is 10.9. The highest BCUT2D eigenvalue weighted by atomic mass is 79.9. The zero-order valence-corrected chi connectivity index (χ0v) is 12.5. The molecule has 19 heavy (non-hydrogen) atoms. The topological polar surface area (TPSA) is 49.8 Å². The standard InChI is InChI=1S/C14H18BrNO3/c1-10(14(17)18)16-7-5-12(6-8-16)19-13-4-2-3-11(15)9-13/h2-4,9-10,12H,5-8H2,1H3,(H,17,18). The smallest absolute Gasteiger partial charge is 0.320 e. The average molecular weight is 328 g/mol. The number of piperidine rings is 1. The maximum Gasteiger partial charge on any atom is 0.320 e. The van der Waals surface area contributed by atoms with Gasteiger partial charge in [-0.3, -0.25) is 9.69 Å². The summed E-state index contributed by atoms with van der Waals surface area (Å²) in [4.78, 5) is 12.9. The number of hydrogen-bond acceptors (Lipinski definition) is 3. The SMILES string of the molecule is CC(C(=O)O)N1CCC(Oc2cccc(Br)c2)CC1. The van der Waals surface area contributed by atoms with Crippen LogP contribution in [0.15, 0.2) is 28.7 Å². The molecule has 0 saturated carbocycles. The fourth-order valence-corrected chi connectivity index (χ4v) is 2.65. The van der Waals surface area contributed by atoms with Crippen molar-refractivity contribution in [2.45, 2.75) is 31.9 Å². The molecule has 0 aliphatic carbocycles. The molecule has 1 aliphatic rings. The monoisotopic (exact) mass is 327 g/mol. The molecular weight excluding hydrogens is 310 g/mol. The van der Waals surface area contributed by atoms with Crippen LogP contribution in [-0.4, -0.2) is 41.2 Å². The molecule has 1 aliphatic heterocycles. The number of carboxylic acids is 1. The summed E-state index contributed by atoms with van der Waals surface area (Å²) in [7, 11) is 0. The van der Waals surface area contributed by atoms with Gasteiger partial charge in [0.2, 0.25) is 0 Å². The van der Waals surface area contributed by atoms with Gasteiger partial charge < -0.3 is 9.84 Å². The summed E-state index contributed by atoms with van der Waals surface area (Å²) in [5, 5.41) is 8.99. The van der Waals surface area contributed by atoms with E-state index >= 15 is 0 Å². The molecule has 1 aromatic rings. The average Bonchev–Trinajstić information content (AvgIpc) is 2.39. The lowest BCUT2D eigenvalue weighted by Crippen LogP contribution is -2.46. The molecule has 4 nitrogen and oxygen atoms in total. The van der Waals surface area contributed by atoms with Crippen LogP contribution in [0.2, 0.25) is 0 Å². The Hall–Kier alpha value is -1.07. The number of likely N-dealkylation sites (tertiary alicyclic amines) is 1. The third-order valence-electron chi connectivity index (χ3n) is 3.48. The highest BCUT2D eigenvalue weighted by Gasteiger charge is 2.27. The second-order valence-corrected chi connectivity index (χ2v) is 5.74. The van der Waals surface area contributed by atoms with Crippen molar-refractivity contribution in [3.8, 4) is 5.75 Å². The van der Waals surface area contributed by atoms with Gasteiger partial charge in [0.05, 0.1) is 0 Å². The van der Waals surface area contributed by atoms with Crippen molar-refractivity contribution in [3.05, 3.63) is 28.7 Å². The van der Waals surface area contributed by atoms with Gasteiger partial charge in [-0.05, 0) is 38.0 Å². The largest absolute Gasteiger partial charge is 0.490 e. The molecule has 104 valence electrons. The first-order chi connectivity index (χ1) is 9.06. The molecule has 1 unspecified atom stereocenters. The van der Waals surface area contributed by atoms with Gasteiger partial charge >= 0.3 is 5.97 Å². The quantitative estimate of drug-likeness (QED) is 0.923. The third-order valence-corrected chi connectivity index (χ3v) is 3.97. The van der Waals surface area contributed by atoms with Crippen molar-refractivity contribution in [3.63, 3.8) is 0 Å². The minimum atomic E-state index is -0.758. The van der Waals surface area contributed by atoms with E-state index in [0.717, 1.165) is 36.2 Å². The van der Waals surface area contributed by atoms with Crippen LogP contribution in [0.4, 0.5) is 0 Å². The van der Waals surface area contributed by atoms with Crippen LogP contribution < -0.4 is 4.74 Å². The molecule has 0 amide bonds. The number of aliphatic carboxylic acids is 1. The Morgan fingerprint density at radius 2 is 2.16 bits per heavy atom. The predicted molar refractivity (Wildman–Crippen MR) is 76.5 cm³/mol. The minimum Gasteiger partial charge on any atom is -0.490 e. The van der Waals surface area contributed by atoms with Gasteiger partial charge in [-0.15, -0.1) is 0 Å². The Balaban J connectivity index is 1.85. The molecule has 0 bridgehead atoms. The Morgan fingerprint density at radius 1 is 1.47 bits per heavy atom. The van der Waals surface area contributed by atoms with Crippen LogP contribution in [0, 0.1) is 0 Å². The van der Waals surface area contributed by atoms with Gasteiger partial charge in [0.15, 0.2) is 0 Å². The van der Waals surface area contributed by atoms with E-state index in [9.17, 15) is 4.79 Å². The fraction of sp³-hybridized carbons (Fsp3) is 0.500. The Kier molecular flexibility index (Phi) is 4.82. The maximum absolute atomic E-state index is 10.9. The summed E-state index contributed by atoms with van der Waals surface area (Å²) < 4.78 is 6.92. The number of hydrogen-bond donors (Lipinski definition) is 1. The van der Waals surface area contributed by atoms with E-state index < -0.39 is 12.0 Å². The van der Waals surface area contributed by atoms with Crippen LogP contribution >= 0.6 is 15.9 Å². The van der Waals surface area contributed by atoms with Crippen LogP contribution in [-0.2, 0) is 4.79 Å². The molecule has 1 aromatic carbocycles. The van der Waals surface area contributed by atoms with E-state index in [1.165, 1.54) is 0 Å². The van der Waals surface area contributed by atoms with E-state index in [4.69, 9.17) is 9.84 Å². The molecule has 5 heteroatoms. The van der Waals surface area contributed by atoms with Gasteiger partial charge in [-0.25, -0.2) is 0 Å². The van der Waals surface area contributed by atoms with Crippen molar-refractivity contribution in [1.29, 1.82) is 0 Å². The van der Waals surface area contributed by atoms with E-state index in [1.54, 1.807) is 6.92 Å². The van der Waals surface area contributed by atoms with Crippen molar-refractivity contribution in [1.82, 2.24) is 4.90 Å². The summed E-state index contributed by atoms with van der Waals surface area (Å²) in [6.07, 6.45) is 1.90. The molecule has 1 heterocycles. The minimum absolute atomic E-state index is 0.173. The molecule has 1 fully saturated rings. The Morgan fingerprint density at radius 3 is 2.74 bits per heavy atom. The molecule has 0 spiro atoms. The van der Waals surface area contributed by atoms with Gasteiger partial charge in [-0.1, -0.05) is 22.0 Å². The van der Waals surface area contributed by atoms with Crippen molar-refractivity contribution >= 4 is 21.9 Å². The predicted octanol–water partition coefficient (Wildman–Crippen LogP) is 2.77. The normalized spacial score (nSPS) is 19.1. The highest BCUT2D eigenvalue weighted by Crippen LogP contribution is 2.23. The molecule has 0 radical (unpaired) electrons. The first-order valence-corrected chi connectivity index (χ1v) is 7.24. The summed E-state index contributed by atoms with van der Waals surface area (Å²) in [5.41, 5.74) is 0. The van der Waals surface area contributed by atoms with E-state index in [0.29, 0.717) is 0 Å². The number of rotatable bonds is 4. The number of carboxylic acid groups (broad SMARTS) is 1. The van der Waals surface area contributed by atoms with Crippen molar-refractivity contribution in [2.75, 3.05) is 13.1 Å². The van der Waals surface area contributed by atoms with Crippen molar-refractivity contribution in [2.24, 2.45) is 0 Å². The molecular formula is C14H18BrNO3. The first-order valence-electron chi connectivity index (χ1n) is 6.45. The highest BCUT2D eigenvalue weighted by molar-refractivity contribution is 9.10. The molecule has 1 atom stereocenters. The van der Waals surface area contributed by atoms with E-state index in [1.807, 2.05) is 29.2 Å². The molecule has 1 saturated heterocycles. The summed E-state index contributed by atoms with van der Waals surface area (Å²) >= 11 is 3.42. The van der Waals surface area contributed by atoms with Gasteiger partial charge in [0.25, 0.3) is 0 Å². The van der Waals surface area contributed by atoms with Gasteiger partial charge in [0.1, 0.15) is 17.9 Å². The van der Waals surface area contributed by atoms with E-state index in [-0.39, 0.29) is 6.10 Å². The van der Waals surface area contributed by atoms with Crippen LogP contribution in [0.3, 0.4) is 0 Å². The fourth-order valence-electron chi connectivity index (χ4n) is 2.27. The summed E-state index contributed by atoms with van der Waals surface area (Å²) in [6.45, 7) is 3.27. The van der Waals surface area contributed by atoms with Crippen LogP contribution in [0.5, 0.6) is 5.75 Å².